The van der Waals surface area contributed by atoms with Crippen LogP contribution in [0.25, 0.3) is 0 Å². The van der Waals surface area contributed by atoms with Crippen LogP contribution in [0.3, 0.4) is 0 Å². The standard InChI is InChI=1S/C12H14ClN3O4S/c1-15(2)21(19,20)14-6-7-16-11(17)8-4-3-5-9(13)10(8)12(16)18/h3-5,14H,6-7H2,1-2H3. The van der Waals surface area contributed by atoms with Crippen LogP contribution in [-0.2, 0) is 10.2 Å². The second-order valence-electron chi connectivity index (χ2n) is 4.61. The minimum absolute atomic E-state index is 0.0598. The normalized spacial score (nSPS) is 15.0. The molecule has 0 aromatic heterocycles. The summed E-state index contributed by atoms with van der Waals surface area (Å²) in [5.74, 6) is -0.980. The van der Waals surface area contributed by atoms with Gasteiger partial charge in [0.25, 0.3) is 22.0 Å². The third kappa shape index (κ3) is 2.93. The van der Waals surface area contributed by atoms with Crippen LogP contribution < -0.4 is 4.72 Å². The van der Waals surface area contributed by atoms with E-state index in [9.17, 15) is 18.0 Å². The fraction of sp³-hybridized carbons (Fsp3) is 0.333. The quantitative estimate of drug-likeness (QED) is 0.788. The molecule has 1 aromatic rings. The monoisotopic (exact) mass is 331 g/mol. The summed E-state index contributed by atoms with van der Waals surface area (Å²) in [6.45, 7) is -0.126. The molecule has 0 fully saturated rings. The third-order valence-corrected chi connectivity index (χ3v) is 4.89. The largest absolute Gasteiger partial charge is 0.278 e. The van der Waals surface area contributed by atoms with Crippen molar-refractivity contribution < 1.29 is 18.0 Å². The van der Waals surface area contributed by atoms with E-state index in [2.05, 4.69) is 4.72 Å². The Morgan fingerprint density at radius 3 is 2.48 bits per heavy atom. The SMILES string of the molecule is CN(C)S(=O)(=O)NCCN1C(=O)c2cccc(Cl)c2C1=O. The van der Waals surface area contributed by atoms with Crippen molar-refractivity contribution >= 4 is 33.6 Å². The zero-order chi connectivity index (χ0) is 15.8. The van der Waals surface area contributed by atoms with E-state index in [1.165, 1.54) is 26.2 Å². The molecule has 2 amide bonds. The molecule has 0 saturated carbocycles. The lowest BCUT2D eigenvalue weighted by Crippen LogP contribution is -2.42. The lowest BCUT2D eigenvalue weighted by molar-refractivity contribution is 0.0657. The maximum Gasteiger partial charge on any atom is 0.278 e. The Morgan fingerprint density at radius 1 is 1.24 bits per heavy atom. The van der Waals surface area contributed by atoms with Crippen LogP contribution >= 0.6 is 11.6 Å². The van der Waals surface area contributed by atoms with Gasteiger partial charge in [-0.1, -0.05) is 17.7 Å². The molecule has 1 heterocycles. The van der Waals surface area contributed by atoms with Crippen molar-refractivity contribution in [3.63, 3.8) is 0 Å². The molecule has 0 spiro atoms. The fourth-order valence-electron chi connectivity index (χ4n) is 1.91. The maximum atomic E-state index is 12.2. The number of nitrogens with zero attached hydrogens (tertiary/aromatic N) is 2. The van der Waals surface area contributed by atoms with E-state index >= 15 is 0 Å². The van der Waals surface area contributed by atoms with Crippen molar-refractivity contribution in [1.82, 2.24) is 13.9 Å². The third-order valence-electron chi connectivity index (χ3n) is 3.05. The van der Waals surface area contributed by atoms with Gasteiger partial charge in [-0.25, -0.2) is 4.72 Å². The Bertz CT molecular complexity index is 702. The van der Waals surface area contributed by atoms with E-state index in [4.69, 9.17) is 11.6 Å². The molecule has 2 rings (SSSR count). The van der Waals surface area contributed by atoms with Crippen LogP contribution in [0.2, 0.25) is 5.02 Å². The number of fused-ring (bicyclic) bond motifs is 1. The lowest BCUT2D eigenvalue weighted by atomic mass is 10.1. The van der Waals surface area contributed by atoms with Crippen LogP contribution in [0.5, 0.6) is 0 Å². The van der Waals surface area contributed by atoms with E-state index < -0.39 is 22.0 Å². The van der Waals surface area contributed by atoms with Gasteiger partial charge in [0.15, 0.2) is 0 Å². The predicted octanol–water partition coefficient (Wildman–Crippen LogP) is 0.332. The first kappa shape index (κ1) is 15.9. The smallest absolute Gasteiger partial charge is 0.273 e. The molecule has 114 valence electrons. The molecule has 1 N–H and O–H groups in total. The summed E-state index contributed by atoms with van der Waals surface area (Å²) in [6.07, 6.45) is 0. The molecule has 0 radical (unpaired) electrons. The molecule has 0 bridgehead atoms. The van der Waals surface area contributed by atoms with Gasteiger partial charge in [0.1, 0.15) is 0 Å². The minimum atomic E-state index is -3.59. The summed E-state index contributed by atoms with van der Waals surface area (Å²) in [4.78, 5) is 25.2. The van der Waals surface area contributed by atoms with Gasteiger partial charge in [0.05, 0.1) is 16.1 Å². The number of benzene rings is 1. The van der Waals surface area contributed by atoms with E-state index in [1.54, 1.807) is 6.07 Å². The van der Waals surface area contributed by atoms with Crippen LogP contribution in [0.15, 0.2) is 18.2 Å². The van der Waals surface area contributed by atoms with Gasteiger partial charge in [0.2, 0.25) is 0 Å². The number of halogens is 1. The first-order chi connectivity index (χ1) is 9.75. The molecule has 9 heteroatoms. The Hall–Kier alpha value is -1.48. The molecule has 0 saturated heterocycles. The molecule has 0 aliphatic carbocycles. The van der Waals surface area contributed by atoms with E-state index in [0.29, 0.717) is 0 Å². The summed E-state index contributed by atoms with van der Waals surface area (Å²) in [7, 11) is -0.834. The molecule has 7 nitrogen and oxygen atoms in total. The second kappa shape index (κ2) is 5.72. The highest BCUT2D eigenvalue weighted by Gasteiger charge is 2.36. The van der Waals surface area contributed by atoms with Crippen molar-refractivity contribution in [3.05, 3.63) is 34.3 Å². The van der Waals surface area contributed by atoms with Crippen LogP contribution in [0.4, 0.5) is 0 Å². The highest BCUT2D eigenvalue weighted by molar-refractivity contribution is 7.87. The average Bonchev–Trinajstić information content (AvgIpc) is 2.64. The number of imide groups is 1. The fourth-order valence-corrected chi connectivity index (χ4v) is 2.77. The second-order valence-corrected chi connectivity index (χ2v) is 6.98. The van der Waals surface area contributed by atoms with Crippen molar-refractivity contribution in [2.24, 2.45) is 0 Å². The van der Waals surface area contributed by atoms with Crippen molar-refractivity contribution in [2.75, 3.05) is 27.2 Å². The Morgan fingerprint density at radius 2 is 1.90 bits per heavy atom. The summed E-state index contributed by atoms with van der Waals surface area (Å²) < 4.78 is 26.4. The van der Waals surface area contributed by atoms with Gasteiger partial charge >= 0.3 is 0 Å². The predicted molar refractivity (Wildman–Crippen MR) is 77.4 cm³/mol. The van der Waals surface area contributed by atoms with E-state index in [0.717, 1.165) is 9.21 Å². The van der Waals surface area contributed by atoms with Gasteiger partial charge in [0, 0.05) is 27.2 Å². The van der Waals surface area contributed by atoms with Crippen molar-refractivity contribution in [1.29, 1.82) is 0 Å². The number of rotatable bonds is 5. The first-order valence-corrected chi connectivity index (χ1v) is 7.89. The number of carbonyl (C=O) groups is 2. The highest BCUT2D eigenvalue weighted by Crippen LogP contribution is 2.28. The van der Waals surface area contributed by atoms with Crippen molar-refractivity contribution in [2.45, 2.75) is 0 Å². The summed E-state index contributed by atoms with van der Waals surface area (Å²) in [5, 5.41) is 0.210. The maximum absolute atomic E-state index is 12.2. The average molecular weight is 332 g/mol. The molecular weight excluding hydrogens is 318 g/mol. The minimum Gasteiger partial charge on any atom is -0.273 e. The lowest BCUT2D eigenvalue weighted by Gasteiger charge is -2.16. The van der Waals surface area contributed by atoms with Gasteiger partial charge in [-0.3, -0.25) is 14.5 Å². The molecular formula is C12H14ClN3O4S. The number of hydrogen-bond donors (Lipinski definition) is 1. The van der Waals surface area contributed by atoms with Crippen LogP contribution in [0.1, 0.15) is 20.7 Å². The van der Waals surface area contributed by atoms with Gasteiger partial charge in [-0.15, -0.1) is 0 Å². The summed E-state index contributed by atoms with van der Waals surface area (Å²) in [6, 6.07) is 4.64. The Labute approximate surface area is 127 Å². The number of nitrogens with one attached hydrogen (secondary N) is 1. The molecule has 0 atom stereocenters. The van der Waals surface area contributed by atoms with Gasteiger partial charge in [-0.2, -0.15) is 12.7 Å². The van der Waals surface area contributed by atoms with Gasteiger partial charge in [-0.05, 0) is 12.1 Å². The van der Waals surface area contributed by atoms with E-state index in [1.807, 2.05) is 0 Å². The zero-order valence-electron chi connectivity index (χ0n) is 11.5. The molecule has 0 unspecified atom stereocenters. The van der Waals surface area contributed by atoms with Crippen molar-refractivity contribution in [3.8, 4) is 0 Å². The number of carbonyl (C=O) groups excluding carboxylic acids is 2. The van der Waals surface area contributed by atoms with Crippen LogP contribution in [0, 0.1) is 0 Å². The number of hydrogen-bond acceptors (Lipinski definition) is 4. The summed E-state index contributed by atoms with van der Waals surface area (Å²) >= 11 is 5.93. The topological polar surface area (TPSA) is 86.8 Å². The molecule has 21 heavy (non-hydrogen) atoms. The van der Waals surface area contributed by atoms with Crippen LogP contribution in [-0.4, -0.2) is 56.6 Å². The Balaban J connectivity index is 2.10. The molecule has 1 aliphatic rings. The highest BCUT2D eigenvalue weighted by atomic mass is 35.5. The summed E-state index contributed by atoms with van der Waals surface area (Å²) in [5.41, 5.74) is 0.405. The molecule has 1 aromatic carbocycles. The molecule has 1 aliphatic heterocycles. The zero-order valence-corrected chi connectivity index (χ0v) is 13.0. The Kier molecular flexibility index (Phi) is 4.33. The van der Waals surface area contributed by atoms with E-state index in [-0.39, 0.29) is 29.2 Å². The van der Waals surface area contributed by atoms with Gasteiger partial charge < -0.3 is 0 Å². The first-order valence-electron chi connectivity index (χ1n) is 6.07. The number of amides is 2.